The minimum Gasteiger partial charge on any atom is -0.543 e. The van der Waals surface area contributed by atoms with Gasteiger partial charge in [0.15, 0.2) is 0 Å². The van der Waals surface area contributed by atoms with Crippen molar-refractivity contribution in [3.8, 4) is 22.6 Å². The molecule has 0 fully saturated rings. The standard InChI is InChI=1S/C28H37NO2Si/c1-16(2)32(17(3)4,18(5)6)31-22-10-13-27-24(14-22)23-11-12-26-28(25(23)15-30-27)20(8)19(7)21(9)29-26/h10-14,16-18H,15H2,1-9H3. The highest BCUT2D eigenvalue weighted by Crippen LogP contribution is 2.46. The molecular weight excluding hydrogens is 410 g/mol. The Balaban J connectivity index is 1.86. The highest BCUT2D eigenvalue weighted by molar-refractivity contribution is 6.78. The van der Waals surface area contributed by atoms with Gasteiger partial charge in [0.1, 0.15) is 18.1 Å². The maximum absolute atomic E-state index is 6.98. The molecule has 0 bridgehead atoms. The molecule has 0 radical (unpaired) electrons. The zero-order chi connectivity index (χ0) is 23.4. The predicted molar refractivity (Wildman–Crippen MR) is 137 cm³/mol. The number of ether oxygens (including phenoxy) is 1. The van der Waals surface area contributed by atoms with Crippen molar-refractivity contribution in [2.45, 2.75) is 85.5 Å². The molecule has 0 atom stereocenters. The second kappa shape index (κ2) is 8.22. The van der Waals surface area contributed by atoms with E-state index in [0.29, 0.717) is 23.2 Å². The van der Waals surface area contributed by atoms with E-state index in [0.717, 1.165) is 28.3 Å². The molecule has 0 saturated heterocycles. The molecule has 0 spiro atoms. The number of fused-ring (bicyclic) bond motifs is 5. The molecule has 1 aliphatic heterocycles. The Morgan fingerprint density at radius 3 is 2.12 bits per heavy atom. The second-order valence-corrected chi connectivity index (χ2v) is 15.7. The molecule has 0 aliphatic carbocycles. The molecule has 0 unspecified atom stereocenters. The number of aryl methyl sites for hydroxylation is 2. The minimum atomic E-state index is -2.02. The Labute approximate surface area is 194 Å². The number of hydrogen-bond donors (Lipinski definition) is 0. The van der Waals surface area contributed by atoms with Gasteiger partial charge in [-0.05, 0) is 78.4 Å². The third kappa shape index (κ3) is 3.44. The maximum Gasteiger partial charge on any atom is 0.258 e. The predicted octanol–water partition coefficient (Wildman–Crippen LogP) is 8.27. The summed E-state index contributed by atoms with van der Waals surface area (Å²) in [6.07, 6.45) is 0. The van der Waals surface area contributed by atoms with E-state index < -0.39 is 8.32 Å². The number of nitrogens with zero attached hydrogens (tertiary/aromatic N) is 1. The van der Waals surface area contributed by atoms with Gasteiger partial charge in [0.2, 0.25) is 0 Å². The summed E-state index contributed by atoms with van der Waals surface area (Å²) in [6.45, 7) is 21.0. The van der Waals surface area contributed by atoms with Crippen molar-refractivity contribution in [3.63, 3.8) is 0 Å². The van der Waals surface area contributed by atoms with Crippen molar-refractivity contribution >= 4 is 19.2 Å². The van der Waals surface area contributed by atoms with Gasteiger partial charge in [-0.1, -0.05) is 47.6 Å². The molecular formula is C28H37NO2Si. The van der Waals surface area contributed by atoms with E-state index >= 15 is 0 Å². The normalized spacial score (nSPS) is 13.5. The highest BCUT2D eigenvalue weighted by atomic mass is 28.4. The fourth-order valence-corrected chi connectivity index (χ4v) is 11.1. The zero-order valence-electron chi connectivity index (χ0n) is 21.1. The second-order valence-electron chi connectivity index (χ2n) is 10.3. The largest absolute Gasteiger partial charge is 0.543 e. The molecule has 4 heteroatoms. The summed E-state index contributed by atoms with van der Waals surface area (Å²) in [4.78, 5) is 4.85. The third-order valence-electron chi connectivity index (χ3n) is 7.67. The topological polar surface area (TPSA) is 31.4 Å². The summed E-state index contributed by atoms with van der Waals surface area (Å²) in [5, 5.41) is 1.23. The van der Waals surface area contributed by atoms with Gasteiger partial charge in [-0.25, -0.2) is 0 Å². The molecule has 4 rings (SSSR count). The van der Waals surface area contributed by atoms with Crippen molar-refractivity contribution < 1.29 is 9.16 Å². The van der Waals surface area contributed by atoms with Crippen LogP contribution in [0.15, 0.2) is 30.3 Å². The van der Waals surface area contributed by atoms with Crippen molar-refractivity contribution in [2.24, 2.45) is 0 Å². The van der Waals surface area contributed by atoms with Crippen LogP contribution < -0.4 is 9.16 Å². The van der Waals surface area contributed by atoms with Gasteiger partial charge >= 0.3 is 0 Å². The number of hydrogen-bond acceptors (Lipinski definition) is 3. The summed E-state index contributed by atoms with van der Waals surface area (Å²) in [5.74, 6) is 1.91. The average Bonchev–Trinajstić information content (AvgIpc) is 2.74. The lowest BCUT2D eigenvalue weighted by Gasteiger charge is -2.42. The lowest BCUT2D eigenvalue weighted by molar-refractivity contribution is 0.303. The molecule has 0 amide bonds. The average molecular weight is 448 g/mol. The van der Waals surface area contributed by atoms with Gasteiger partial charge in [0.25, 0.3) is 8.32 Å². The van der Waals surface area contributed by atoms with E-state index in [1.54, 1.807) is 0 Å². The van der Waals surface area contributed by atoms with E-state index in [2.05, 4.69) is 92.6 Å². The van der Waals surface area contributed by atoms with Gasteiger partial charge < -0.3 is 9.16 Å². The van der Waals surface area contributed by atoms with E-state index in [1.807, 2.05) is 0 Å². The molecule has 0 N–H and O–H groups in total. The molecule has 1 aromatic heterocycles. The summed E-state index contributed by atoms with van der Waals surface area (Å²) < 4.78 is 13.2. The summed E-state index contributed by atoms with van der Waals surface area (Å²) in [7, 11) is -2.02. The van der Waals surface area contributed by atoms with E-state index in [1.165, 1.54) is 27.6 Å². The Morgan fingerprint density at radius 2 is 1.50 bits per heavy atom. The van der Waals surface area contributed by atoms with Crippen molar-refractivity contribution in [1.82, 2.24) is 4.98 Å². The fourth-order valence-electron chi connectivity index (χ4n) is 5.89. The smallest absolute Gasteiger partial charge is 0.258 e. The molecule has 1 aliphatic rings. The molecule has 3 aromatic rings. The van der Waals surface area contributed by atoms with Gasteiger partial charge in [-0.15, -0.1) is 0 Å². The van der Waals surface area contributed by atoms with Gasteiger partial charge in [0.05, 0.1) is 5.52 Å². The van der Waals surface area contributed by atoms with Crippen molar-refractivity contribution in [1.29, 1.82) is 0 Å². The van der Waals surface area contributed by atoms with Crippen LogP contribution in [0.4, 0.5) is 0 Å². The fraction of sp³-hybridized carbons (Fsp3) is 0.464. The summed E-state index contributed by atoms with van der Waals surface area (Å²) >= 11 is 0. The first kappa shape index (κ1) is 22.8. The van der Waals surface area contributed by atoms with Crippen LogP contribution in [0.1, 0.15) is 63.9 Å². The molecule has 32 heavy (non-hydrogen) atoms. The Kier molecular flexibility index (Phi) is 5.87. The molecule has 2 aromatic carbocycles. The molecule has 2 heterocycles. The first-order valence-electron chi connectivity index (χ1n) is 11.9. The SMILES string of the molecule is Cc1nc2ccc3c(c2c(C)c1C)COc1ccc(O[Si](C(C)C)(C(C)C)C(C)C)cc1-3. The van der Waals surface area contributed by atoms with Crippen LogP contribution in [0.2, 0.25) is 16.6 Å². The van der Waals surface area contributed by atoms with Crippen LogP contribution >= 0.6 is 0 Å². The molecule has 0 saturated carbocycles. The van der Waals surface area contributed by atoms with Crippen LogP contribution in [-0.4, -0.2) is 13.3 Å². The monoisotopic (exact) mass is 447 g/mol. The van der Waals surface area contributed by atoms with Gasteiger partial charge in [-0.3, -0.25) is 4.98 Å². The summed E-state index contributed by atoms with van der Waals surface area (Å²) in [6, 6.07) is 10.8. The number of benzene rings is 2. The van der Waals surface area contributed by atoms with Crippen LogP contribution in [0.5, 0.6) is 11.5 Å². The Morgan fingerprint density at radius 1 is 0.844 bits per heavy atom. The van der Waals surface area contributed by atoms with Gasteiger partial charge in [-0.2, -0.15) is 0 Å². The Hall–Kier alpha value is -2.33. The maximum atomic E-state index is 6.98. The van der Waals surface area contributed by atoms with Crippen LogP contribution in [0, 0.1) is 20.8 Å². The van der Waals surface area contributed by atoms with Crippen LogP contribution in [0.3, 0.4) is 0 Å². The van der Waals surface area contributed by atoms with E-state index in [9.17, 15) is 0 Å². The van der Waals surface area contributed by atoms with E-state index in [4.69, 9.17) is 14.1 Å². The lowest BCUT2D eigenvalue weighted by atomic mass is 9.90. The first-order valence-corrected chi connectivity index (χ1v) is 14.1. The summed E-state index contributed by atoms with van der Waals surface area (Å²) in [5.41, 5.74) is 9.91. The lowest BCUT2D eigenvalue weighted by Crippen LogP contribution is -2.50. The molecule has 3 nitrogen and oxygen atoms in total. The van der Waals surface area contributed by atoms with Crippen LogP contribution in [0.25, 0.3) is 22.0 Å². The van der Waals surface area contributed by atoms with E-state index in [-0.39, 0.29) is 0 Å². The quantitative estimate of drug-likeness (QED) is 0.369. The van der Waals surface area contributed by atoms with Gasteiger partial charge in [0, 0.05) is 22.2 Å². The highest BCUT2D eigenvalue weighted by Gasteiger charge is 2.47. The number of aromatic nitrogens is 1. The molecule has 170 valence electrons. The number of rotatable bonds is 5. The van der Waals surface area contributed by atoms with Crippen LogP contribution in [-0.2, 0) is 6.61 Å². The third-order valence-corrected chi connectivity index (χ3v) is 13.7. The minimum absolute atomic E-state index is 0.533. The first-order chi connectivity index (χ1) is 15.1. The van der Waals surface area contributed by atoms with Crippen molar-refractivity contribution in [2.75, 3.05) is 0 Å². The zero-order valence-corrected chi connectivity index (χ0v) is 22.1. The number of pyridine rings is 1. The van der Waals surface area contributed by atoms with Crippen molar-refractivity contribution in [3.05, 3.63) is 52.7 Å². The Bertz CT molecular complexity index is 1160.